The second kappa shape index (κ2) is 8.81. The van der Waals surface area contributed by atoms with Crippen LogP contribution in [0.4, 0.5) is 10.5 Å². The summed E-state index contributed by atoms with van der Waals surface area (Å²) >= 11 is 0. The van der Waals surface area contributed by atoms with Crippen LogP contribution in [0.25, 0.3) is 5.82 Å². The van der Waals surface area contributed by atoms with Crippen molar-refractivity contribution in [2.24, 2.45) is 0 Å². The third-order valence-electron chi connectivity index (χ3n) is 3.85. The minimum Gasteiger partial charge on any atom is -0.348 e. The maximum absolute atomic E-state index is 12.4. The monoisotopic (exact) mass is 378 g/mol. The van der Waals surface area contributed by atoms with E-state index in [4.69, 9.17) is 0 Å². The Bertz CT molecular complexity index is 936. The number of aromatic nitrogens is 3. The number of urea groups is 1. The number of benzene rings is 1. The van der Waals surface area contributed by atoms with E-state index < -0.39 is 0 Å². The van der Waals surface area contributed by atoms with Crippen LogP contribution in [-0.2, 0) is 6.54 Å². The summed E-state index contributed by atoms with van der Waals surface area (Å²) in [5, 5.41) is 12.5. The minimum atomic E-state index is -0.282. The molecule has 2 heterocycles. The zero-order chi connectivity index (χ0) is 19.9. The summed E-state index contributed by atoms with van der Waals surface area (Å²) in [4.78, 5) is 28.5. The highest BCUT2D eigenvalue weighted by Gasteiger charge is 2.10. The fourth-order valence-electron chi connectivity index (χ4n) is 2.58. The molecule has 3 amide bonds. The standard InChI is InChI=1S/C20H22N6O2/c1-14(2)24-20(28)25-17-8-6-15(7-9-17)19(27)22-13-16-5-3-10-21-18(16)26-12-4-11-23-26/h3-12,14H,13H2,1-2H3,(H,22,27)(H2,24,25,28). The number of nitrogens with one attached hydrogen (secondary N) is 3. The molecule has 144 valence electrons. The number of hydrogen-bond donors (Lipinski definition) is 3. The number of anilines is 1. The Morgan fingerprint density at radius 3 is 2.54 bits per heavy atom. The van der Waals surface area contributed by atoms with Crippen molar-refractivity contribution in [3.05, 3.63) is 72.2 Å². The van der Waals surface area contributed by atoms with Crippen molar-refractivity contribution in [3.63, 3.8) is 0 Å². The van der Waals surface area contributed by atoms with Crippen LogP contribution in [0.15, 0.2) is 61.1 Å². The van der Waals surface area contributed by atoms with Gasteiger partial charge in [0.2, 0.25) is 0 Å². The van der Waals surface area contributed by atoms with E-state index in [1.54, 1.807) is 47.5 Å². The van der Waals surface area contributed by atoms with E-state index in [0.717, 1.165) is 5.56 Å². The number of carbonyl (C=O) groups is 2. The molecule has 3 N–H and O–H groups in total. The SMILES string of the molecule is CC(C)NC(=O)Nc1ccc(C(=O)NCc2cccnc2-n2cccn2)cc1. The molecule has 8 nitrogen and oxygen atoms in total. The van der Waals surface area contributed by atoms with E-state index in [1.165, 1.54) is 0 Å². The summed E-state index contributed by atoms with van der Waals surface area (Å²) in [6, 6.07) is 12.0. The van der Waals surface area contributed by atoms with Crippen molar-refractivity contribution < 1.29 is 9.59 Å². The summed E-state index contributed by atoms with van der Waals surface area (Å²) in [6.07, 6.45) is 5.16. The van der Waals surface area contributed by atoms with Crippen LogP contribution in [0.2, 0.25) is 0 Å². The topological polar surface area (TPSA) is 101 Å². The average Bonchev–Trinajstić information content (AvgIpc) is 3.21. The number of pyridine rings is 1. The van der Waals surface area contributed by atoms with E-state index in [1.807, 2.05) is 32.0 Å². The van der Waals surface area contributed by atoms with Gasteiger partial charge >= 0.3 is 6.03 Å². The lowest BCUT2D eigenvalue weighted by Crippen LogP contribution is -2.34. The highest BCUT2D eigenvalue weighted by atomic mass is 16.2. The highest BCUT2D eigenvalue weighted by Crippen LogP contribution is 2.12. The van der Waals surface area contributed by atoms with E-state index in [0.29, 0.717) is 23.6 Å². The summed E-state index contributed by atoms with van der Waals surface area (Å²) in [5.74, 6) is 0.456. The van der Waals surface area contributed by atoms with Crippen molar-refractivity contribution in [1.29, 1.82) is 0 Å². The van der Waals surface area contributed by atoms with Gasteiger partial charge in [-0.05, 0) is 50.2 Å². The van der Waals surface area contributed by atoms with E-state index in [9.17, 15) is 9.59 Å². The molecule has 0 saturated carbocycles. The van der Waals surface area contributed by atoms with Gasteiger partial charge in [0.1, 0.15) is 0 Å². The van der Waals surface area contributed by atoms with Gasteiger partial charge in [-0.25, -0.2) is 14.5 Å². The van der Waals surface area contributed by atoms with Crippen LogP contribution >= 0.6 is 0 Å². The molecule has 3 rings (SSSR count). The first-order valence-corrected chi connectivity index (χ1v) is 8.92. The lowest BCUT2D eigenvalue weighted by atomic mass is 10.2. The third kappa shape index (κ3) is 4.94. The third-order valence-corrected chi connectivity index (χ3v) is 3.85. The zero-order valence-corrected chi connectivity index (χ0v) is 15.7. The van der Waals surface area contributed by atoms with Gasteiger partial charge in [0.25, 0.3) is 5.91 Å². The number of amides is 3. The molecule has 0 fully saturated rings. The molecule has 0 unspecified atom stereocenters. The molecule has 0 spiro atoms. The van der Waals surface area contributed by atoms with Gasteiger partial charge in [-0.1, -0.05) is 6.07 Å². The fraction of sp³-hybridized carbons (Fsp3) is 0.200. The van der Waals surface area contributed by atoms with Crippen molar-refractivity contribution >= 4 is 17.6 Å². The first kappa shape index (κ1) is 19.1. The molecule has 0 radical (unpaired) electrons. The Balaban J connectivity index is 1.61. The lowest BCUT2D eigenvalue weighted by molar-refractivity contribution is 0.0951. The Morgan fingerprint density at radius 2 is 1.86 bits per heavy atom. The van der Waals surface area contributed by atoms with Crippen LogP contribution < -0.4 is 16.0 Å². The van der Waals surface area contributed by atoms with Crippen molar-refractivity contribution in [2.75, 3.05) is 5.32 Å². The van der Waals surface area contributed by atoms with Gasteiger partial charge in [0.15, 0.2) is 5.82 Å². The molecule has 0 aliphatic heterocycles. The summed E-state index contributed by atoms with van der Waals surface area (Å²) in [6.45, 7) is 4.08. The fourth-order valence-corrected chi connectivity index (χ4v) is 2.58. The maximum atomic E-state index is 12.4. The van der Waals surface area contributed by atoms with Crippen LogP contribution in [0.3, 0.4) is 0 Å². The molecule has 3 aromatic rings. The van der Waals surface area contributed by atoms with Gasteiger partial charge < -0.3 is 16.0 Å². The van der Waals surface area contributed by atoms with E-state index >= 15 is 0 Å². The largest absolute Gasteiger partial charge is 0.348 e. The quantitative estimate of drug-likeness (QED) is 0.614. The Hall–Kier alpha value is -3.68. The van der Waals surface area contributed by atoms with Crippen LogP contribution in [0.1, 0.15) is 29.8 Å². The Morgan fingerprint density at radius 1 is 1.07 bits per heavy atom. The van der Waals surface area contributed by atoms with Crippen LogP contribution in [-0.4, -0.2) is 32.7 Å². The number of nitrogens with zero attached hydrogens (tertiary/aromatic N) is 3. The molecule has 1 aromatic carbocycles. The number of carbonyl (C=O) groups excluding carboxylic acids is 2. The summed E-state index contributed by atoms with van der Waals surface area (Å²) < 4.78 is 1.66. The predicted molar refractivity (Wildman–Crippen MR) is 106 cm³/mol. The normalized spacial score (nSPS) is 10.5. The minimum absolute atomic E-state index is 0.0455. The molecular weight excluding hydrogens is 356 g/mol. The van der Waals surface area contributed by atoms with Crippen LogP contribution in [0, 0.1) is 0 Å². The van der Waals surface area contributed by atoms with E-state index in [2.05, 4.69) is 26.0 Å². The van der Waals surface area contributed by atoms with Crippen molar-refractivity contribution in [2.45, 2.75) is 26.4 Å². The second-order valence-corrected chi connectivity index (χ2v) is 6.45. The molecule has 28 heavy (non-hydrogen) atoms. The summed E-state index contributed by atoms with van der Waals surface area (Å²) in [5.41, 5.74) is 1.96. The van der Waals surface area contributed by atoms with Gasteiger partial charge in [-0.15, -0.1) is 0 Å². The zero-order valence-electron chi connectivity index (χ0n) is 15.7. The van der Waals surface area contributed by atoms with E-state index in [-0.39, 0.29) is 18.0 Å². The Labute approximate surface area is 163 Å². The molecular formula is C20H22N6O2. The molecule has 0 saturated heterocycles. The van der Waals surface area contributed by atoms with Crippen molar-refractivity contribution in [3.8, 4) is 5.82 Å². The first-order chi connectivity index (χ1) is 13.5. The van der Waals surface area contributed by atoms with Gasteiger partial charge in [-0.2, -0.15) is 5.10 Å². The second-order valence-electron chi connectivity index (χ2n) is 6.45. The molecule has 0 bridgehead atoms. The molecule has 0 aliphatic carbocycles. The highest BCUT2D eigenvalue weighted by molar-refractivity contribution is 5.95. The van der Waals surface area contributed by atoms with Crippen molar-refractivity contribution in [1.82, 2.24) is 25.4 Å². The van der Waals surface area contributed by atoms with Crippen LogP contribution in [0.5, 0.6) is 0 Å². The molecule has 8 heteroatoms. The maximum Gasteiger partial charge on any atom is 0.319 e. The van der Waals surface area contributed by atoms with Gasteiger partial charge in [0, 0.05) is 48.0 Å². The number of hydrogen-bond acceptors (Lipinski definition) is 4. The first-order valence-electron chi connectivity index (χ1n) is 8.92. The summed E-state index contributed by atoms with van der Waals surface area (Å²) in [7, 11) is 0. The smallest absolute Gasteiger partial charge is 0.319 e. The molecule has 0 aliphatic rings. The Kier molecular flexibility index (Phi) is 6.01. The van der Waals surface area contributed by atoms with Gasteiger partial charge in [-0.3, -0.25) is 4.79 Å². The predicted octanol–water partition coefficient (Wildman–Crippen LogP) is 2.73. The molecule has 2 aromatic heterocycles. The lowest BCUT2D eigenvalue weighted by Gasteiger charge is -2.11. The van der Waals surface area contributed by atoms with Gasteiger partial charge in [0.05, 0.1) is 0 Å². The number of rotatable bonds is 6. The molecule has 0 atom stereocenters. The average molecular weight is 378 g/mol.